The fraction of sp³-hybridized carbons (Fsp3) is 0.417. The van der Waals surface area contributed by atoms with Crippen LogP contribution in [-0.4, -0.2) is 0 Å². The molecular formula is C12H8F9. The zero-order chi connectivity index (χ0) is 16.8. The zero-order valence-electron chi connectivity index (χ0n) is 10.6. The number of halogens is 9. The summed E-state index contributed by atoms with van der Waals surface area (Å²) in [7, 11) is 0. The first-order valence-corrected chi connectivity index (χ1v) is 5.36. The second kappa shape index (κ2) is 5.10. The van der Waals surface area contributed by atoms with Crippen LogP contribution in [0.4, 0.5) is 39.5 Å². The van der Waals surface area contributed by atoms with Gasteiger partial charge in [-0.1, -0.05) is 13.8 Å². The van der Waals surface area contributed by atoms with Crippen molar-refractivity contribution in [2.75, 3.05) is 0 Å². The van der Waals surface area contributed by atoms with Crippen molar-refractivity contribution in [1.82, 2.24) is 0 Å². The minimum absolute atomic E-state index is 0.308. The molecule has 0 aliphatic carbocycles. The van der Waals surface area contributed by atoms with Crippen molar-refractivity contribution < 1.29 is 39.5 Å². The Kier molecular flexibility index (Phi) is 4.28. The quantitative estimate of drug-likeness (QED) is 0.581. The SMILES string of the molecule is C[C](C)c1c(C(F)(F)F)cc(C(F)(F)F)cc1C(F)(F)F. The minimum atomic E-state index is -5.34. The largest absolute Gasteiger partial charge is 0.416 e. The van der Waals surface area contributed by atoms with Gasteiger partial charge in [-0.2, -0.15) is 39.5 Å². The van der Waals surface area contributed by atoms with Gasteiger partial charge >= 0.3 is 18.5 Å². The number of rotatable bonds is 1. The molecule has 119 valence electrons. The Morgan fingerprint density at radius 3 is 1.19 bits per heavy atom. The minimum Gasteiger partial charge on any atom is -0.166 e. The van der Waals surface area contributed by atoms with Gasteiger partial charge in [0.15, 0.2) is 0 Å². The lowest BCUT2D eigenvalue weighted by atomic mass is 9.89. The Balaban J connectivity index is 3.85. The van der Waals surface area contributed by atoms with Crippen molar-refractivity contribution in [3.8, 4) is 0 Å². The Morgan fingerprint density at radius 2 is 1.00 bits per heavy atom. The molecule has 0 saturated heterocycles. The highest BCUT2D eigenvalue weighted by Crippen LogP contribution is 2.45. The van der Waals surface area contributed by atoms with Gasteiger partial charge in [0.05, 0.1) is 16.7 Å². The molecule has 0 aliphatic rings. The zero-order valence-corrected chi connectivity index (χ0v) is 10.6. The molecule has 0 heterocycles. The molecule has 0 fully saturated rings. The van der Waals surface area contributed by atoms with Gasteiger partial charge in [0.2, 0.25) is 0 Å². The molecule has 0 unspecified atom stereocenters. The normalized spacial score (nSPS) is 13.9. The summed E-state index contributed by atoms with van der Waals surface area (Å²) in [6.45, 7) is 1.93. The standard InChI is InChI=1S/C12H8F9/c1-5(2)9-7(11(16,17)18)3-6(10(13,14)15)4-8(9)12(19,20)21/h3-4H,1-2H3. The summed E-state index contributed by atoms with van der Waals surface area (Å²) in [5, 5.41) is 0. The lowest BCUT2D eigenvalue weighted by Gasteiger charge is -2.23. The van der Waals surface area contributed by atoms with Crippen molar-refractivity contribution in [2.24, 2.45) is 0 Å². The fourth-order valence-corrected chi connectivity index (χ4v) is 1.79. The Bertz CT molecular complexity index is 482. The molecule has 0 bridgehead atoms. The van der Waals surface area contributed by atoms with Crippen LogP contribution in [0.25, 0.3) is 0 Å². The molecule has 0 atom stereocenters. The number of benzene rings is 1. The van der Waals surface area contributed by atoms with E-state index in [0.717, 1.165) is 13.8 Å². The van der Waals surface area contributed by atoms with Gasteiger partial charge in [0.25, 0.3) is 0 Å². The van der Waals surface area contributed by atoms with Gasteiger partial charge in [0.1, 0.15) is 0 Å². The Morgan fingerprint density at radius 1 is 0.667 bits per heavy atom. The summed E-state index contributed by atoms with van der Waals surface area (Å²) < 4.78 is 114. The van der Waals surface area contributed by atoms with Crippen LogP contribution in [0.5, 0.6) is 0 Å². The van der Waals surface area contributed by atoms with Crippen LogP contribution in [0.15, 0.2) is 12.1 Å². The summed E-state index contributed by atoms with van der Waals surface area (Å²) >= 11 is 0. The summed E-state index contributed by atoms with van der Waals surface area (Å²) in [5.74, 6) is -0.386. The van der Waals surface area contributed by atoms with Gasteiger partial charge < -0.3 is 0 Å². The molecule has 1 aromatic carbocycles. The highest BCUT2D eigenvalue weighted by Gasteiger charge is 2.45. The number of alkyl halides is 9. The van der Waals surface area contributed by atoms with E-state index in [2.05, 4.69) is 0 Å². The molecule has 0 nitrogen and oxygen atoms in total. The molecule has 1 rings (SSSR count). The Labute approximate surface area is 113 Å². The van der Waals surface area contributed by atoms with Gasteiger partial charge in [-0.3, -0.25) is 0 Å². The van der Waals surface area contributed by atoms with Crippen molar-refractivity contribution in [1.29, 1.82) is 0 Å². The van der Waals surface area contributed by atoms with E-state index < -0.39 is 40.8 Å². The van der Waals surface area contributed by atoms with Crippen LogP contribution < -0.4 is 0 Å². The smallest absolute Gasteiger partial charge is 0.166 e. The van der Waals surface area contributed by atoms with E-state index in [0.29, 0.717) is 0 Å². The third kappa shape index (κ3) is 3.82. The second-order valence-electron chi connectivity index (χ2n) is 4.44. The molecule has 0 N–H and O–H groups in total. The highest BCUT2D eigenvalue weighted by atomic mass is 19.4. The Hall–Kier alpha value is -1.41. The third-order valence-electron chi connectivity index (χ3n) is 2.58. The van der Waals surface area contributed by atoms with Crippen LogP contribution in [-0.2, 0) is 18.5 Å². The monoisotopic (exact) mass is 323 g/mol. The van der Waals surface area contributed by atoms with Crippen LogP contribution in [0.3, 0.4) is 0 Å². The fourth-order valence-electron chi connectivity index (χ4n) is 1.79. The number of hydrogen-bond donors (Lipinski definition) is 0. The lowest BCUT2D eigenvalue weighted by molar-refractivity contribution is -0.149. The maximum atomic E-state index is 12.8. The lowest BCUT2D eigenvalue weighted by Crippen LogP contribution is -2.20. The van der Waals surface area contributed by atoms with E-state index in [4.69, 9.17) is 0 Å². The molecule has 21 heavy (non-hydrogen) atoms. The first-order valence-electron chi connectivity index (χ1n) is 5.36. The third-order valence-corrected chi connectivity index (χ3v) is 2.58. The maximum Gasteiger partial charge on any atom is 0.416 e. The predicted molar refractivity (Wildman–Crippen MR) is 55.1 cm³/mol. The number of hydrogen-bond acceptors (Lipinski definition) is 0. The van der Waals surface area contributed by atoms with Crippen LogP contribution >= 0.6 is 0 Å². The summed E-state index contributed by atoms with van der Waals surface area (Å²) in [6.07, 6.45) is -16.0. The van der Waals surface area contributed by atoms with E-state index in [-0.39, 0.29) is 18.1 Å². The van der Waals surface area contributed by atoms with Crippen LogP contribution in [0, 0.1) is 5.92 Å². The van der Waals surface area contributed by atoms with E-state index in [9.17, 15) is 39.5 Å². The summed E-state index contributed by atoms with van der Waals surface area (Å²) in [4.78, 5) is 0. The first kappa shape index (κ1) is 17.6. The van der Waals surface area contributed by atoms with Crippen molar-refractivity contribution in [2.45, 2.75) is 32.4 Å². The van der Waals surface area contributed by atoms with Crippen molar-refractivity contribution in [3.63, 3.8) is 0 Å². The molecule has 0 saturated carbocycles. The predicted octanol–water partition coefficient (Wildman–Crippen LogP) is 5.71. The molecule has 1 radical (unpaired) electrons. The van der Waals surface area contributed by atoms with Crippen molar-refractivity contribution >= 4 is 0 Å². The van der Waals surface area contributed by atoms with E-state index in [1.807, 2.05) is 0 Å². The molecule has 0 amide bonds. The summed E-state index contributed by atoms with van der Waals surface area (Å²) in [5.41, 5.74) is -7.18. The van der Waals surface area contributed by atoms with Gasteiger partial charge in [-0.25, -0.2) is 0 Å². The molecule has 0 aliphatic heterocycles. The molecule has 0 aromatic heterocycles. The average Bonchev–Trinajstić information content (AvgIpc) is 2.23. The van der Waals surface area contributed by atoms with Crippen molar-refractivity contribution in [3.05, 3.63) is 40.3 Å². The van der Waals surface area contributed by atoms with Gasteiger partial charge in [-0.05, 0) is 17.7 Å². The summed E-state index contributed by atoms with van der Waals surface area (Å²) in [6, 6.07) is -0.616. The van der Waals surface area contributed by atoms with Crippen LogP contribution in [0.2, 0.25) is 0 Å². The molecule has 9 heteroatoms. The van der Waals surface area contributed by atoms with Gasteiger partial charge in [0, 0.05) is 5.92 Å². The average molecular weight is 323 g/mol. The molecule has 1 aromatic rings. The van der Waals surface area contributed by atoms with E-state index in [1.54, 1.807) is 0 Å². The highest BCUT2D eigenvalue weighted by molar-refractivity contribution is 5.49. The first-order chi connectivity index (χ1) is 9.15. The maximum absolute atomic E-state index is 12.8. The second-order valence-corrected chi connectivity index (χ2v) is 4.44. The molecular weight excluding hydrogens is 315 g/mol. The topological polar surface area (TPSA) is 0 Å². The van der Waals surface area contributed by atoms with E-state index in [1.165, 1.54) is 0 Å². The van der Waals surface area contributed by atoms with Crippen LogP contribution in [0.1, 0.15) is 36.1 Å². The van der Waals surface area contributed by atoms with Gasteiger partial charge in [-0.15, -0.1) is 0 Å². The van der Waals surface area contributed by atoms with E-state index >= 15 is 0 Å². The molecule has 0 spiro atoms.